The Morgan fingerprint density at radius 1 is 1.25 bits per heavy atom. The third-order valence-corrected chi connectivity index (χ3v) is 2.03. The van der Waals surface area contributed by atoms with E-state index in [0.717, 1.165) is 5.56 Å². The van der Waals surface area contributed by atoms with Crippen LogP contribution in [0.1, 0.15) is 19.4 Å². The van der Waals surface area contributed by atoms with Gasteiger partial charge in [-0.2, -0.15) is 0 Å². The van der Waals surface area contributed by atoms with Crippen molar-refractivity contribution in [3.8, 4) is 0 Å². The molecule has 0 aliphatic rings. The Kier molecular flexibility index (Phi) is 4.05. The van der Waals surface area contributed by atoms with Gasteiger partial charge in [0, 0.05) is 12.6 Å². The zero-order valence-corrected chi connectivity index (χ0v) is 9.61. The van der Waals surface area contributed by atoms with Crippen molar-refractivity contribution in [2.24, 2.45) is 0 Å². The van der Waals surface area contributed by atoms with Crippen molar-refractivity contribution in [1.82, 2.24) is 0 Å². The second-order valence-corrected chi connectivity index (χ2v) is 3.61. The highest BCUT2D eigenvalue weighted by atomic mass is 16.5. The first-order valence-electron chi connectivity index (χ1n) is 5.04. The number of esters is 1. The van der Waals surface area contributed by atoms with Crippen LogP contribution in [0.15, 0.2) is 24.3 Å². The largest absolute Gasteiger partial charge is 0.453 e. The van der Waals surface area contributed by atoms with E-state index in [0.29, 0.717) is 5.69 Å². The number of benzene rings is 1. The average molecular weight is 221 g/mol. The van der Waals surface area contributed by atoms with Crippen LogP contribution in [-0.2, 0) is 14.3 Å². The highest BCUT2D eigenvalue weighted by Gasteiger charge is 2.15. The number of anilines is 1. The van der Waals surface area contributed by atoms with Crippen LogP contribution in [0, 0.1) is 6.92 Å². The molecule has 0 fully saturated rings. The zero-order valence-electron chi connectivity index (χ0n) is 9.61. The number of rotatable bonds is 3. The number of nitrogens with one attached hydrogen (secondary N) is 1. The summed E-state index contributed by atoms with van der Waals surface area (Å²) >= 11 is 0. The first kappa shape index (κ1) is 12.2. The Hall–Kier alpha value is -1.84. The Morgan fingerprint density at radius 2 is 1.81 bits per heavy atom. The number of ether oxygens (including phenoxy) is 1. The van der Waals surface area contributed by atoms with Crippen LogP contribution >= 0.6 is 0 Å². The molecule has 86 valence electrons. The summed E-state index contributed by atoms with van der Waals surface area (Å²) in [6.45, 7) is 4.77. The third kappa shape index (κ3) is 3.73. The van der Waals surface area contributed by atoms with Gasteiger partial charge < -0.3 is 10.1 Å². The van der Waals surface area contributed by atoms with Gasteiger partial charge in [0.15, 0.2) is 6.10 Å². The molecule has 0 aliphatic heterocycles. The summed E-state index contributed by atoms with van der Waals surface area (Å²) in [5, 5.41) is 2.66. The van der Waals surface area contributed by atoms with E-state index in [1.54, 1.807) is 12.1 Å². The van der Waals surface area contributed by atoms with Crippen LogP contribution in [0.25, 0.3) is 0 Å². The molecule has 0 radical (unpaired) electrons. The van der Waals surface area contributed by atoms with Crippen molar-refractivity contribution in [2.75, 3.05) is 5.32 Å². The Bertz CT molecular complexity index is 384. The van der Waals surface area contributed by atoms with Crippen LogP contribution in [0.4, 0.5) is 5.69 Å². The lowest BCUT2D eigenvalue weighted by Crippen LogP contribution is -2.29. The molecule has 1 aromatic carbocycles. The van der Waals surface area contributed by atoms with Gasteiger partial charge in [-0.05, 0) is 26.0 Å². The van der Waals surface area contributed by atoms with Crippen LogP contribution in [0.2, 0.25) is 0 Å². The van der Waals surface area contributed by atoms with Gasteiger partial charge in [-0.15, -0.1) is 0 Å². The molecular formula is C12H15NO3. The summed E-state index contributed by atoms with van der Waals surface area (Å²) in [5.74, 6) is -0.800. The lowest BCUT2D eigenvalue weighted by Gasteiger charge is -2.12. The van der Waals surface area contributed by atoms with Crippen LogP contribution in [-0.4, -0.2) is 18.0 Å². The molecule has 0 bridgehead atoms. The van der Waals surface area contributed by atoms with Crippen molar-refractivity contribution in [3.05, 3.63) is 29.8 Å². The highest BCUT2D eigenvalue weighted by molar-refractivity contribution is 5.94. The van der Waals surface area contributed by atoms with E-state index in [4.69, 9.17) is 4.74 Å². The lowest BCUT2D eigenvalue weighted by atomic mass is 10.2. The Balaban J connectivity index is 2.57. The number of carbonyl (C=O) groups excluding carboxylic acids is 2. The Labute approximate surface area is 94.6 Å². The number of amides is 1. The summed E-state index contributed by atoms with van der Waals surface area (Å²) in [7, 11) is 0. The molecule has 0 aliphatic carbocycles. The van der Waals surface area contributed by atoms with Crippen molar-refractivity contribution >= 4 is 17.6 Å². The Morgan fingerprint density at radius 3 is 2.31 bits per heavy atom. The fourth-order valence-electron chi connectivity index (χ4n) is 1.18. The highest BCUT2D eigenvalue weighted by Crippen LogP contribution is 2.09. The van der Waals surface area contributed by atoms with E-state index < -0.39 is 12.1 Å². The van der Waals surface area contributed by atoms with Gasteiger partial charge in [-0.3, -0.25) is 9.59 Å². The molecule has 16 heavy (non-hydrogen) atoms. The molecule has 1 rings (SSSR count). The molecule has 1 aromatic rings. The van der Waals surface area contributed by atoms with E-state index in [-0.39, 0.29) is 5.91 Å². The standard InChI is InChI=1S/C12H15NO3/c1-8-4-6-11(7-5-8)13-12(15)9(2)16-10(3)14/h4-7,9H,1-3H3,(H,13,15)/t9-/m1/s1. The number of hydrogen-bond donors (Lipinski definition) is 1. The molecule has 0 heterocycles. The molecule has 4 nitrogen and oxygen atoms in total. The number of aryl methyl sites for hydroxylation is 1. The first-order chi connectivity index (χ1) is 7.49. The summed E-state index contributed by atoms with van der Waals surface area (Å²) in [4.78, 5) is 22.2. The smallest absolute Gasteiger partial charge is 0.303 e. The van der Waals surface area contributed by atoms with Crippen molar-refractivity contribution in [3.63, 3.8) is 0 Å². The van der Waals surface area contributed by atoms with E-state index in [1.165, 1.54) is 13.8 Å². The molecule has 0 spiro atoms. The fourth-order valence-corrected chi connectivity index (χ4v) is 1.18. The van der Waals surface area contributed by atoms with Gasteiger partial charge in [-0.1, -0.05) is 17.7 Å². The van der Waals surface area contributed by atoms with Crippen LogP contribution < -0.4 is 5.32 Å². The molecule has 4 heteroatoms. The molecule has 1 amide bonds. The van der Waals surface area contributed by atoms with Gasteiger partial charge in [0.25, 0.3) is 5.91 Å². The predicted octanol–water partition coefficient (Wildman–Crippen LogP) is 1.89. The fraction of sp³-hybridized carbons (Fsp3) is 0.333. The zero-order chi connectivity index (χ0) is 12.1. The maximum atomic E-state index is 11.5. The minimum atomic E-state index is -0.779. The molecule has 0 saturated heterocycles. The van der Waals surface area contributed by atoms with Crippen molar-refractivity contribution in [1.29, 1.82) is 0 Å². The molecule has 1 atom stereocenters. The number of hydrogen-bond acceptors (Lipinski definition) is 3. The predicted molar refractivity (Wildman–Crippen MR) is 61.0 cm³/mol. The molecule has 0 aromatic heterocycles. The third-order valence-electron chi connectivity index (χ3n) is 2.03. The van der Waals surface area contributed by atoms with Gasteiger partial charge in [-0.25, -0.2) is 0 Å². The minimum absolute atomic E-state index is 0.334. The normalized spacial score (nSPS) is 11.7. The maximum absolute atomic E-state index is 11.5. The van der Waals surface area contributed by atoms with Crippen molar-refractivity contribution in [2.45, 2.75) is 26.9 Å². The minimum Gasteiger partial charge on any atom is -0.453 e. The van der Waals surface area contributed by atoms with Crippen LogP contribution in [0.5, 0.6) is 0 Å². The van der Waals surface area contributed by atoms with E-state index in [9.17, 15) is 9.59 Å². The summed E-state index contributed by atoms with van der Waals surface area (Å²) in [5.41, 5.74) is 1.81. The van der Waals surface area contributed by atoms with Gasteiger partial charge in [0.05, 0.1) is 0 Å². The SMILES string of the molecule is CC(=O)O[C@H](C)C(=O)Nc1ccc(C)cc1. The van der Waals surface area contributed by atoms with Gasteiger partial charge in [0.1, 0.15) is 0 Å². The summed E-state index contributed by atoms with van der Waals surface area (Å²) in [6.07, 6.45) is -0.779. The van der Waals surface area contributed by atoms with E-state index in [2.05, 4.69) is 5.32 Å². The first-order valence-corrected chi connectivity index (χ1v) is 5.04. The average Bonchev–Trinajstić information content (AvgIpc) is 2.20. The van der Waals surface area contributed by atoms with Crippen molar-refractivity contribution < 1.29 is 14.3 Å². The lowest BCUT2D eigenvalue weighted by molar-refractivity contribution is -0.150. The van der Waals surface area contributed by atoms with Gasteiger partial charge in [0.2, 0.25) is 0 Å². The summed E-state index contributed by atoms with van der Waals surface area (Å²) in [6, 6.07) is 7.39. The van der Waals surface area contributed by atoms with E-state index >= 15 is 0 Å². The topological polar surface area (TPSA) is 55.4 Å². The van der Waals surface area contributed by atoms with E-state index in [1.807, 2.05) is 19.1 Å². The molecular weight excluding hydrogens is 206 g/mol. The summed E-state index contributed by atoms with van der Waals surface area (Å²) < 4.78 is 4.76. The molecule has 1 N–H and O–H groups in total. The molecule has 0 unspecified atom stereocenters. The number of carbonyl (C=O) groups is 2. The second-order valence-electron chi connectivity index (χ2n) is 3.61. The van der Waals surface area contributed by atoms with Gasteiger partial charge >= 0.3 is 5.97 Å². The monoisotopic (exact) mass is 221 g/mol. The van der Waals surface area contributed by atoms with Crippen LogP contribution in [0.3, 0.4) is 0 Å². The molecule has 0 saturated carbocycles. The quantitative estimate of drug-likeness (QED) is 0.793. The second kappa shape index (κ2) is 5.30. The maximum Gasteiger partial charge on any atom is 0.303 e.